The minimum absolute atomic E-state index is 0.121. The largest absolute Gasteiger partial charge is 0.349 e. The SMILES string of the molecule is C[C@H](NC(=O)CSc1n[nH]c(-c2ccncc2)n1)c1ccc(Cl)c(Cl)c1. The molecule has 0 unspecified atom stereocenters. The first-order valence-corrected chi connectivity index (χ1v) is 9.47. The van der Waals surface area contributed by atoms with Gasteiger partial charge in [0.05, 0.1) is 21.8 Å². The summed E-state index contributed by atoms with van der Waals surface area (Å²) in [5, 5.41) is 11.3. The third kappa shape index (κ3) is 4.75. The fourth-order valence-electron chi connectivity index (χ4n) is 2.23. The summed E-state index contributed by atoms with van der Waals surface area (Å²) in [5.41, 5.74) is 1.77. The Balaban J connectivity index is 1.54. The third-order valence-corrected chi connectivity index (χ3v) is 5.16. The van der Waals surface area contributed by atoms with E-state index in [9.17, 15) is 4.79 Å². The van der Waals surface area contributed by atoms with Crippen LogP contribution in [0.2, 0.25) is 10.0 Å². The Hall–Kier alpha value is -2.09. The first kappa shape index (κ1) is 18.7. The molecular formula is C17H15Cl2N5OS. The number of aromatic amines is 1. The maximum Gasteiger partial charge on any atom is 0.230 e. The number of carbonyl (C=O) groups is 1. The van der Waals surface area contributed by atoms with Gasteiger partial charge in [-0.2, -0.15) is 0 Å². The van der Waals surface area contributed by atoms with Crippen molar-refractivity contribution in [1.29, 1.82) is 0 Å². The molecule has 9 heteroatoms. The zero-order valence-corrected chi connectivity index (χ0v) is 16.1. The maximum absolute atomic E-state index is 12.2. The normalized spacial score (nSPS) is 12.0. The molecule has 1 atom stereocenters. The smallest absolute Gasteiger partial charge is 0.230 e. The Morgan fingerprint density at radius 3 is 2.73 bits per heavy atom. The number of carbonyl (C=O) groups excluding carboxylic acids is 1. The molecule has 0 aliphatic carbocycles. The highest BCUT2D eigenvalue weighted by Gasteiger charge is 2.13. The summed E-state index contributed by atoms with van der Waals surface area (Å²) < 4.78 is 0. The minimum atomic E-state index is -0.183. The van der Waals surface area contributed by atoms with Crippen molar-refractivity contribution in [1.82, 2.24) is 25.5 Å². The van der Waals surface area contributed by atoms with E-state index in [1.165, 1.54) is 11.8 Å². The second-order valence-corrected chi connectivity index (χ2v) is 7.21. The van der Waals surface area contributed by atoms with E-state index in [1.54, 1.807) is 24.5 Å². The van der Waals surface area contributed by atoms with E-state index in [0.29, 0.717) is 21.0 Å². The number of hydrogen-bond donors (Lipinski definition) is 2. The molecule has 3 aromatic rings. The van der Waals surface area contributed by atoms with Crippen molar-refractivity contribution in [3.63, 3.8) is 0 Å². The van der Waals surface area contributed by atoms with Gasteiger partial charge in [-0.3, -0.25) is 14.9 Å². The van der Waals surface area contributed by atoms with Crippen LogP contribution in [0.15, 0.2) is 47.9 Å². The molecule has 2 heterocycles. The van der Waals surface area contributed by atoms with Crippen molar-refractivity contribution in [3.8, 4) is 11.4 Å². The fourth-order valence-corrected chi connectivity index (χ4v) is 3.14. The van der Waals surface area contributed by atoms with Gasteiger partial charge in [-0.05, 0) is 36.8 Å². The van der Waals surface area contributed by atoms with Crippen molar-refractivity contribution in [3.05, 3.63) is 58.3 Å². The molecule has 0 aliphatic heterocycles. The summed E-state index contributed by atoms with van der Waals surface area (Å²) in [4.78, 5) is 20.5. The molecule has 26 heavy (non-hydrogen) atoms. The van der Waals surface area contributed by atoms with Crippen LogP contribution < -0.4 is 5.32 Å². The van der Waals surface area contributed by atoms with Crippen LogP contribution >= 0.6 is 35.0 Å². The molecule has 0 saturated carbocycles. The molecule has 1 amide bonds. The lowest BCUT2D eigenvalue weighted by atomic mass is 10.1. The van der Waals surface area contributed by atoms with E-state index < -0.39 is 0 Å². The van der Waals surface area contributed by atoms with Gasteiger partial charge in [0, 0.05) is 18.0 Å². The number of H-pyrrole nitrogens is 1. The zero-order chi connectivity index (χ0) is 18.5. The first-order valence-electron chi connectivity index (χ1n) is 7.73. The predicted octanol–water partition coefficient (Wildman–Crippen LogP) is 4.14. The topological polar surface area (TPSA) is 83.6 Å². The van der Waals surface area contributed by atoms with Crippen LogP contribution in [0.3, 0.4) is 0 Å². The van der Waals surface area contributed by atoms with Crippen molar-refractivity contribution in [2.45, 2.75) is 18.1 Å². The molecule has 0 saturated heterocycles. The number of amides is 1. The average Bonchev–Trinajstić information content (AvgIpc) is 3.12. The fraction of sp³-hybridized carbons (Fsp3) is 0.176. The molecule has 3 rings (SSSR count). The van der Waals surface area contributed by atoms with E-state index in [2.05, 4.69) is 25.5 Å². The Labute approximate surface area is 164 Å². The Morgan fingerprint density at radius 1 is 1.23 bits per heavy atom. The highest BCUT2D eigenvalue weighted by molar-refractivity contribution is 7.99. The van der Waals surface area contributed by atoms with E-state index in [4.69, 9.17) is 23.2 Å². The van der Waals surface area contributed by atoms with Crippen LogP contribution in [-0.2, 0) is 4.79 Å². The lowest BCUT2D eigenvalue weighted by Crippen LogP contribution is -2.28. The number of pyridine rings is 1. The van der Waals surface area contributed by atoms with Gasteiger partial charge < -0.3 is 5.32 Å². The summed E-state index contributed by atoms with van der Waals surface area (Å²) in [6.45, 7) is 1.89. The Bertz CT molecular complexity index is 903. The van der Waals surface area contributed by atoms with Gasteiger partial charge in [-0.1, -0.05) is 41.0 Å². The Morgan fingerprint density at radius 2 is 2.00 bits per heavy atom. The van der Waals surface area contributed by atoms with Gasteiger partial charge in [-0.25, -0.2) is 4.98 Å². The van der Waals surface area contributed by atoms with E-state index in [-0.39, 0.29) is 17.7 Å². The summed E-state index contributed by atoms with van der Waals surface area (Å²) in [6.07, 6.45) is 3.37. The van der Waals surface area contributed by atoms with Crippen LogP contribution in [0.1, 0.15) is 18.5 Å². The molecule has 6 nitrogen and oxygen atoms in total. The van der Waals surface area contributed by atoms with Gasteiger partial charge in [0.15, 0.2) is 5.82 Å². The molecule has 0 fully saturated rings. The molecule has 0 radical (unpaired) electrons. The predicted molar refractivity (Wildman–Crippen MR) is 103 cm³/mol. The standard InChI is InChI=1S/C17H15Cl2N5OS/c1-10(12-2-3-13(18)14(19)8-12)21-15(25)9-26-17-22-16(23-24-17)11-4-6-20-7-5-11/h2-8,10H,9H2,1H3,(H,21,25)(H,22,23,24)/t10-/m0/s1. The van der Waals surface area contributed by atoms with Crippen LogP contribution in [0.4, 0.5) is 0 Å². The summed E-state index contributed by atoms with van der Waals surface area (Å²) in [5.74, 6) is 0.725. The number of hydrogen-bond acceptors (Lipinski definition) is 5. The van der Waals surface area contributed by atoms with Gasteiger partial charge in [-0.15, -0.1) is 5.10 Å². The number of aromatic nitrogens is 4. The lowest BCUT2D eigenvalue weighted by molar-refractivity contribution is -0.119. The molecule has 0 spiro atoms. The van der Waals surface area contributed by atoms with Crippen molar-refractivity contribution >= 4 is 40.9 Å². The van der Waals surface area contributed by atoms with Gasteiger partial charge in [0.1, 0.15) is 0 Å². The van der Waals surface area contributed by atoms with E-state index >= 15 is 0 Å². The quantitative estimate of drug-likeness (QED) is 0.599. The van der Waals surface area contributed by atoms with Gasteiger partial charge in [0.25, 0.3) is 0 Å². The molecule has 0 aliphatic rings. The second kappa shape index (κ2) is 8.53. The number of nitrogens with zero attached hydrogens (tertiary/aromatic N) is 3. The summed E-state index contributed by atoms with van der Waals surface area (Å²) >= 11 is 13.2. The zero-order valence-electron chi connectivity index (χ0n) is 13.7. The number of rotatable bonds is 6. The van der Waals surface area contributed by atoms with Crippen LogP contribution in [0, 0.1) is 0 Å². The average molecular weight is 408 g/mol. The number of benzene rings is 1. The first-order chi connectivity index (χ1) is 12.5. The van der Waals surface area contributed by atoms with Crippen molar-refractivity contribution in [2.75, 3.05) is 5.75 Å². The molecule has 134 valence electrons. The maximum atomic E-state index is 12.2. The molecule has 2 N–H and O–H groups in total. The number of halogens is 2. The van der Waals surface area contributed by atoms with Crippen LogP contribution in [0.5, 0.6) is 0 Å². The number of nitrogens with one attached hydrogen (secondary N) is 2. The third-order valence-electron chi connectivity index (χ3n) is 3.57. The van der Waals surface area contributed by atoms with Crippen molar-refractivity contribution < 1.29 is 4.79 Å². The minimum Gasteiger partial charge on any atom is -0.349 e. The second-order valence-electron chi connectivity index (χ2n) is 5.45. The van der Waals surface area contributed by atoms with Crippen molar-refractivity contribution in [2.24, 2.45) is 0 Å². The van der Waals surface area contributed by atoms with Crippen LogP contribution in [0.25, 0.3) is 11.4 Å². The molecule has 2 aromatic heterocycles. The highest BCUT2D eigenvalue weighted by atomic mass is 35.5. The summed E-state index contributed by atoms with van der Waals surface area (Å²) in [6, 6.07) is 8.78. The molecule has 0 bridgehead atoms. The monoisotopic (exact) mass is 407 g/mol. The number of thioether (sulfide) groups is 1. The lowest BCUT2D eigenvalue weighted by Gasteiger charge is -2.14. The molecular weight excluding hydrogens is 393 g/mol. The van der Waals surface area contributed by atoms with Gasteiger partial charge in [0.2, 0.25) is 11.1 Å². The van der Waals surface area contributed by atoms with E-state index in [0.717, 1.165) is 11.1 Å². The highest BCUT2D eigenvalue weighted by Crippen LogP contribution is 2.25. The molecule has 1 aromatic carbocycles. The van der Waals surface area contributed by atoms with E-state index in [1.807, 2.05) is 25.1 Å². The Kier molecular flexibility index (Phi) is 6.13. The van der Waals surface area contributed by atoms with Gasteiger partial charge >= 0.3 is 0 Å². The van der Waals surface area contributed by atoms with Crippen LogP contribution in [-0.4, -0.2) is 31.8 Å². The summed E-state index contributed by atoms with van der Waals surface area (Å²) in [7, 11) is 0.